The first-order chi connectivity index (χ1) is 19.4. The summed E-state index contributed by atoms with van der Waals surface area (Å²) in [5.74, 6) is 2.23. The van der Waals surface area contributed by atoms with E-state index in [0.717, 1.165) is 57.1 Å². The highest BCUT2D eigenvalue weighted by Gasteiger charge is 2.65. The number of unbranched alkanes of at least 4 members (excludes halogenated alkanes) is 12. The third-order valence-corrected chi connectivity index (χ3v) is 11.7. The second-order valence-corrected chi connectivity index (χ2v) is 14.4. The standard InChI is InChI=1S/C36H56O4/c1-3-4-5-6-7-8-9-10-11-12-13-14-15-16-33(37)40-27-36(38)26-35-23-19-30-29-21-24-39-31(29)20-22-34(30,2)32(35)18-17-28(36)25-35/h20-22,24,28,30,32,38H,3-19,23,25-27H2,1-2H3/t28?,30?,32?,34-,35+,36+/m1/s1. The molecule has 2 bridgehead atoms. The Labute approximate surface area is 243 Å². The number of esters is 1. The Hall–Kier alpha value is -1.55. The van der Waals surface area contributed by atoms with E-state index in [1.165, 1.54) is 76.2 Å². The van der Waals surface area contributed by atoms with E-state index in [1.54, 1.807) is 0 Å². The van der Waals surface area contributed by atoms with Crippen molar-refractivity contribution in [3.8, 4) is 0 Å². The monoisotopic (exact) mass is 552 g/mol. The van der Waals surface area contributed by atoms with Crippen LogP contribution in [0, 0.1) is 22.7 Å². The minimum atomic E-state index is -0.858. The van der Waals surface area contributed by atoms with Gasteiger partial charge in [-0.2, -0.15) is 0 Å². The number of carbonyl (C=O) groups is 1. The van der Waals surface area contributed by atoms with Crippen LogP contribution >= 0.6 is 0 Å². The maximum Gasteiger partial charge on any atom is 0.305 e. The highest BCUT2D eigenvalue weighted by Crippen LogP contribution is 2.71. The molecule has 0 saturated heterocycles. The van der Waals surface area contributed by atoms with Gasteiger partial charge in [0, 0.05) is 12.0 Å². The molecule has 4 heteroatoms. The lowest BCUT2D eigenvalue weighted by Crippen LogP contribution is -2.49. The van der Waals surface area contributed by atoms with Gasteiger partial charge in [-0.3, -0.25) is 4.79 Å². The van der Waals surface area contributed by atoms with Crippen LogP contribution in [-0.4, -0.2) is 23.3 Å². The van der Waals surface area contributed by atoms with Gasteiger partial charge in [-0.25, -0.2) is 0 Å². The molecule has 40 heavy (non-hydrogen) atoms. The molecule has 3 saturated carbocycles. The molecule has 224 valence electrons. The molecule has 3 unspecified atom stereocenters. The lowest BCUT2D eigenvalue weighted by atomic mass is 9.46. The van der Waals surface area contributed by atoms with Gasteiger partial charge in [0.05, 0.1) is 6.26 Å². The zero-order chi connectivity index (χ0) is 28.1. The number of ether oxygens (including phenoxy) is 1. The van der Waals surface area contributed by atoms with Crippen molar-refractivity contribution in [2.24, 2.45) is 22.7 Å². The summed E-state index contributed by atoms with van der Waals surface area (Å²) in [6, 6.07) is 2.17. The number of hydrogen-bond donors (Lipinski definition) is 1. The first kappa shape index (κ1) is 29.9. The number of rotatable bonds is 16. The van der Waals surface area contributed by atoms with Crippen molar-refractivity contribution in [3.05, 3.63) is 29.7 Å². The Kier molecular flexibility index (Phi) is 9.86. The molecule has 1 aromatic heterocycles. The third-order valence-electron chi connectivity index (χ3n) is 11.7. The van der Waals surface area contributed by atoms with Gasteiger partial charge in [0.1, 0.15) is 18.0 Å². The maximum atomic E-state index is 12.6. The van der Waals surface area contributed by atoms with Crippen LogP contribution in [0.1, 0.15) is 160 Å². The average Bonchev–Trinajstić information content (AvgIpc) is 3.50. The fourth-order valence-corrected chi connectivity index (χ4v) is 9.60. The minimum Gasteiger partial charge on any atom is -0.465 e. The van der Waals surface area contributed by atoms with Crippen molar-refractivity contribution in [1.82, 2.24) is 0 Å². The van der Waals surface area contributed by atoms with Crippen LogP contribution in [0.5, 0.6) is 0 Å². The number of hydrogen-bond acceptors (Lipinski definition) is 4. The van der Waals surface area contributed by atoms with Gasteiger partial charge in [-0.15, -0.1) is 0 Å². The van der Waals surface area contributed by atoms with E-state index in [0.29, 0.717) is 18.3 Å². The first-order valence-electron chi connectivity index (χ1n) is 17.0. The van der Waals surface area contributed by atoms with Crippen LogP contribution in [0.25, 0.3) is 6.08 Å². The van der Waals surface area contributed by atoms with Crippen LogP contribution in [0.4, 0.5) is 0 Å². The van der Waals surface area contributed by atoms with Gasteiger partial charge < -0.3 is 14.3 Å². The number of fused-ring (bicyclic) bond motifs is 5. The molecule has 3 fully saturated rings. The smallest absolute Gasteiger partial charge is 0.305 e. The van der Waals surface area contributed by atoms with Gasteiger partial charge in [0.25, 0.3) is 0 Å². The Balaban J connectivity index is 0.995. The van der Waals surface area contributed by atoms with Gasteiger partial charge in [-0.1, -0.05) is 97.0 Å². The van der Waals surface area contributed by atoms with Crippen LogP contribution in [-0.2, 0) is 9.53 Å². The molecule has 1 aromatic rings. The number of aliphatic hydroxyl groups is 1. The molecule has 0 aromatic carbocycles. The molecular weight excluding hydrogens is 496 g/mol. The Morgan fingerprint density at radius 3 is 2.35 bits per heavy atom. The lowest BCUT2D eigenvalue weighted by molar-refractivity contribution is -0.154. The number of furan rings is 1. The molecule has 5 rings (SSSR count). The van der Waals surface area contributed by atoms with E-state index in [2.05, 4.69) is 32.1 Å². The largest absolute Gasteiger partial charge is 0.465 e. The SMILES string of the molecule is CCCCCCCCCCCCCCCC(=O)OC[C@@]1(O)C[C@@]23CCC4c5ccoc5C=C[C@@]4(C)C2CCC1C3. The van der Waals surface area contributed by atoms with Crippen molar-refractivity contribution >= 4 is 12.0 Å². The molecule has 4 aliphatic rings. The van der Waals surface area contributed by atoms with Gasteiger partial charge >= 0.3 is 5.97 Å². The van der Waals surface area contributed by atoms with Crippen molar-refractivity contribution in [3.63, 3.8) is 0 Å². The fraction of sp³-hybridized carbons (Fsp3) is 0.806. The highest BCUT2D eigenvalue weighted by molar-refractivity contribution is 5.69. The van der Waals surface area contributed by atoms with Crippen LogP contribution in [0.15, 0.2) is 22.8 Å². The maximum absolute atomic E-state index is 12.6. The van der Waals surface area contributed by atoms with Crippen molar-refractivity contribution in [2.45, 2.75) is 154 Å². The second-order valence-electron chi connectivity index (χ2n) is 14.4. The van der Waals surface area contributed by atoms with Gasteiger partial charge in [0.15, 0.2) is 0 Å². The molecular formula is C36H56O4. The fourth-order valence-electron chi connectivity index (χ4n) is 9.60. The summed E-state index contributed by atoms with van der Waals surface area (Å²) in [5.41, 5.74) is 0.784. The molecule has 1 N–H and O–H groups in total. The van der Waals surface area contributed by atoms with Gasteiger partial charge in [0.2, 0.25) is 0 Å². The summed E-state index contributed by atoms with van der Waals surface area (Å²) < 4.78 is 11.5. The Morgan fingerprint density at radius 2 is 1.65 bits per heavy atom. The van der Waals surface area contributed by atoms with Crippen molar-refractivity contribution in [2.75, 3.05) is 6.61 Å². The second kappa shape index (κ2) is 13.2. The van der Waals surface area contributed by atoms with E-state index in [4.69, 9.17) is 9.15 Å². The van der Waals surface area contributed by atoms with E-state index >= 15 is 0 Å². The van der Waals surface area contributed by atoms with E-state index in [1.807, 2.05) is 6.26 Å². The summed E-state index contributed by atoms with van der Waals surface area (Å²) >= 11 is 0. The lowest BCUT2D eigenvalue weighted by Gasteiger charge is -2.58. The summed E-state index contributed by atoms with van der Waals surface area (Å²) in [5, 5.41) is 11.8. The molecule has 6 atom stereocenters. The highest BCUT2D eigenvalue weighted by atomic mass is 16.5. The van der Waals surface area contributed by atoms with Crippen molar-refractivity contribution in [1.29, 1.82) is 0 Å². The zero-order valence-electron chi connectivity index (χ0n) is 25.6. The van der Waals surface area contributed by atoms with E-state index in [9.17, 15) is 9.90 Å². The van der Waals surface area contributed by atoms with Crippen LogP contribution in [0.3, 0.4) is 0 Å². The summed E-state index contributed by atoms with van der Waals surface area (Å²) in [6.07, 6.45) is 30.2. The average molecular weight is 553 g/mol. The molecule has 4 aliphatic carbocycles. The van der Waals surface area contributed by atoms with Gasteiger partial charge in [-0.05, 0) is 85.7 Å². The quantitative estimate of drug-likeness (QED) is 0.164. The molecule has 0 aliphatic heterocycles. The van der Waals surface area contributed by atoms with Crippen LogP contribution in [0.2, 0.25) is 0 Å². The predicted molar refractivity (Wildman–Crippen MR) is 162 cm³/mol. The molecule has 1 heterocycles. The molecule has 0 amide bonds. The third kappa shape index (κ3) is 6.27. The number of carbonyl (C=O) groups excluding carboxylic acids is 1. The minimum absolute atomic E-state index is 0.107. The molecule has 0 radical (unpaired) electrons. The normalized spacial score (nSPS) is 33.8. The van der Waals surface area contributed by atoms with E-state index in [-0.39, 0.29) is 29.3 Å². The predicted octanol–water partition coefficient (Wildman–Crippen LogP) is 9.75. The first-order valence-corrected chi connectivity index (χ1v) is 17.0. The molecule has 1 spiro atoms. The van der Waals surface area contributed by atoms with Crippen LogP contribution < -0.4 is 0 Å². The van der Waals surface area contributed by atoms with Crippen molar-refractivity contribution < 1.29 is 19.1 Å². The zero-order valence-corrected chi connectivity index (χ0v) is 25.6. The summed E-state index contributed by atoms with van der Waals surface area (Å²) in [7, 11) is 0. The summed E-state index contributed by atoms with van der Waals surface area (Å²) in [6.45, 7) is 4.91. The Bertz CT molecular complexity index is 995. The number of allylic oxidation sites excluding steroid dienone is 1. The summed E-state index contributed by atoms with van der Waals surface area (Å²) in [4.78, 5) is 12.6. The Morgan fingerprint density at radius 1 is 0.975 bits per heavy atom. The molecule has 4 nitrogen and oxygen atoms in total. The van der Waals surface area contributed by atoms with E-state index < -0.39 is 5.60 Å². The topological polar surface area (TPSA) is 59.7 Å².